The number of aliphatic carboxylic acids is 1. The molecule has 1 fully saturated rings. The Labute approximate surface area is 117 Å². The zero-order valence-electron chi connectivity index (χ0n) is 11.8. The third-order valence-electron chi connectivity index (χ3n) is 4.02. The molecular weight excluding hydrogens is 261 g/mol. The number of carbonyl (C=O) groups is 1. The number of rotatable bonds is 4. The Morgan fingerprint density at radius 3 is 2.90 bits per heavy atom. The maximum Gasteiger partial charge on any atom is 0.329 e. The first-order valence-electron chi connectivity index (χ1n) is 6.80. The van der Waals surface area contributed by atoms with Crippen molar-refractivity contribution in [2.45, 2.75) is 44.2 Å². The molecular formula is C15H20FNO3. The molecule has 0 spiro atoms. The van der Waals surface area contributed by atoms with E-state index in [0.29, 0.717) is 25.1 Å². The molecule has 110 valence electrons. The zero-order chi connectivity index (χ0) is 14.8. The first kappa shape index (κ1) is 14.8. The Kier molecular flexibility index (Phi) is 3.99. The summed E-state index contributed by atoms with van der Waals surface area (Å²) in [4.78, 5) is 11.8. The largest absolute Gasteiger partial charge is 0.480 e. The number of carboxylic acid groups (broad SMARTS) is 1. The van der Waals surface area contributed by atoms with Gasteiger partial charge in [-0.1, -0.05) is 13.0 Å². The van der Waals surface area contributed by atoms with Crippen molar-refractivity contribution in [2.24, 2.45) is 0 Å². The molecule has 0 bridgehead atoms. The van der Waals surface area contributed by atoms with Crippen molar-refractivity contribution in [3.05, 3.63) is 30.1 Å². The Morgan fingerprint density at radius 2 is 2.30 bits per heavy atom. The average Bonchev–Trinajstić information content (AvgIpc) is 2.38. The number of hydrogen-bond acceptors (Lipinski definition) is 3. The molecule has 5 heteroatoms. The normalized spacial score (nSPS) is 29.9. The predicted octanol–water partition coefficient (Wildman–Crippen LogP) is 3.04. The highest BCUT2D eigenvalue weighted by Crippen LogP contribution is 2.37. The highest BCUT2D eigenvalue weighted by atomic mass is 19.1. The van der Waals surface area contributed by atoms with Gasteiger partial charge in [0.2, 0.25) is 0 Å². The Hall–Kier alpha value is -1.62. The van der Waals surface area contributed by atoms with Gasteiger partial charge in [-0.2, -0.15) is 0 Å². The van der Waals surface area contributed by atoms with E-state index in [1.807, 2.05) is 13.8 Å². The minimum atomic E-state index is -1.11. The summed E-state index contributed by atoms with van der Waals surface area (Å²) in [6, 6.07) is 5.88. The van der Waals surface area contributed by atoms with Gasteiger partial charge in [0.15, 0.2) is 0 Å². The van der Waals surface area contributed by atoms with Crippen molar-refractivity contribution in [1.82, 2.24) is 0 Å². The van der Waals surface area contributed by atoms with Crippen molar-refractivity contribution in [3.8, 4) is 0 Å². The minimum absolute atomic E-state index is 0.350. The second-order valence-electron chi connectivity index (χ2n) is 5.60. The lowest BCUT2D eigenvalue weighted by atomic mass is 9.79. The molecule has 2 N–H and O–H groups in total. The average molecular weight is 281 g/mol. The van der Waals surface area contributed by atoms with E-state index >= 15 is 0 Å². The second-order valence-corrected chi connectivity index (χ2v) is 5.60. The van der Waals surface area contributed by atoms with E-state index in [0.717, 1.165) is 6.42 Å². The fourth-order valence-electron chi connectivity index (χ4n) is 2.66. The smallest absolute Gasteiger partial charge is 0.329 e. The molecule has 0 saturated carbocycles. The van der Waals surface area contributed by atoms with Gasteiger partial charge in [0.1, 0.15) is 11.4 Å². The molecule has 1 aromatic rings. The van der Waals surface area contributed by atoms with Crippen molar-refractivity contribution < 1.29 is 19.0 Å². The van der Waals surface area contributed by atoms with Gasteiger partial charge in [-0.25, -0.2) is 9.18 Å². The quantitative estimate of drug-likeness (QED) is 0.890. The van der Waals surface area contributed by atoms with Gasteiger partial charge in [0, 0.05) is 18.5 Å². The second kappa shape index (κ2) is 5.40. The summed E-state index contributed by atoms with van der Waals surface area (Å²) in [6.45, 7) is 4.26. The number of halogens is 1. The zero-order valence-corrected chi connectivity index (χ0v) is 11.8. The van der Waals surface area contributed by atoms with Gasteiger partial charge in [-0.05, 0) is 31.5 Å². The fourth-order valence-corrected chi connectivity index (χ4v) is 2.66. The van der Waals surface area contributed by atoms with Crippen LogP contribution >= 0.6 is 0 Å². The maximum absolute atomic E-state index is 13.3. The van der Waals surface area contributed by atoms with Gasteiger partial charge in [-0.3, -0.25) is 0 Å². The molecule has 0 aliphatic carbocycles. The van der Waals surface area contributed by atoms with Crippen LogP contribution < -0.4 is 5.32 Å². The highest BCUT2D eigenvalue weighted by Gasteiger charge is 2.47. The van der Waals surface area contributed by atoms with Gasteiger partial charge in [-0.15, -0.1) is 0 Å². The summed E-state index contributed by atoms with van der Waals surface area (Å²) in [7, 11) is 0. The van der Waals surface area contributed by atoms with Gasteiger partial charge >= 0.3 is 5.97 Å². The summed E-state index contributed by atoms with van der Waals surface area (Å²) in [5, 5.41) is 12.6. The predicted molar refractivity (Wildman–Crippen MR) is 74.3 cm³/mol. The fraction of sp³-hybridized carbons (Fsp3) is 0.533. The number of nitrogens with one attached hydrogen (secondary N) is 1. The first-order chi connectivity index (χ1) is 9.39. The van der Waals surface area contributed by atoms with E-state index in [2.05, 4.69) is 5.32 Å². The van der Waals surface area contributed by atoms with E-state index < -0.39 is 17.1 Å². The lowest BCUT2D eigenvalue weighted by molar-refractivity contribution is -0.154. The summed E-state index contributed by atoms with van der Waals surface area (Å²) >= 11 is 0. The molecule has 0 aromatic heterocycles. The van der Waals surface area contributed by atoms with Gasteiger partial charge in [0.05, 0.1) is 12.2 Å². The molecule has 1 saturated heterocycles. The van der Waals surface area contributed by atoms with Crippen molar-refractivity contribution in [1.29, 1.82) is 0 Å². The molecule has 2 atom stereocenters. The molecule has 2 rings (SSSR count). The van der Waals surface area contributed by atoms with Crippen LogP contribution in [0.1, 0.15) is 33.1 Å². The van der Waals surface area contributed by atoms with E-state index in [1.54, 1.807) is 12.1 Å². The Bertz CT molecular complexity index is 508. The number of anilines is 1. The minimum Gasteiger partial charge on any atom is -0.480 e. The number of carboxylic acids is 1. The molecule has 1 aliphatic heterocycles. The van der Waals surface area contributed by atoms with E-state index in [1.165, 1.54) is 12.1 Å². The highest BCUT2D eigenvalue weighted by molar-refractivity contribution is 5.83. The molecule has 4 nitrogen and oxygen atoms in total. The molecule has 2 unspecified atom stereocenters. The standard InChI is InChI=1S/C15H20FNO3/c1-3-14(2)10-15(13(18)19,7-8-20-14)17-12-6-4-5-11(16)9-12/h4-6,9,17H,3,7-8,10H2,1-2H3,(H,18,19). The maximum atomic E-state index is 13.3. The van der Waals surface area contributed by atoms with E-state index in [-0.39, 0.29) is 5.82 Å². The summed E-state index contributed by atoms with van der Waals surface area (Å²) < 4.78 is 19.0. The Morgan fingerprint density at radius 1 is 1.55 bits per heavy atom. The van der Waals surface area contributed by atoms with Crippen LogP contribution in [0.15, 0.2) is 24.3 Å². The molecule has 1 heterocycles. The molecule has 1 aromatic carbocycles. The van der Waals surface area contributed by atoms with Crippen LogP contribution in [0.4, 0.5) is 10.1 Å². The number of benzene rings is 1. The third kappa shape index (κ3) is 2.93. The SMILES string of the molecule is CCC1(C)CC(Nc2cccc(F)c2)(C(=O)O)CCO1. The summed E-state index contributed by atoms with van der Waals surface area (Å²) in [6.07, 6.45) is 1.43. The summed E-state index contributed by atoms with van der Waals surface area (Å²) in [5.41, 5.74) is -1.11. The van der Waals surface area contributed by atoms with Crippen LogP contribution in [0.3, 0.4) is 0 Å². The van der Waals surface area contributed by atoms with Crippen molar-refractivity contribution in [2.75, 3.05) is 11.9 Å². The van der Waals surface area contributed by atoms with Crippen LogP contribution in [-0.2, 0) is 9.53 Å². The number of hydrogen-bond donors (Lipinski definition) is 2. The molecule has 20 heavy (non-hydrogen) atoms. The van der Waals surface area contributed by atoms with Crippen LogP contribution in [-0.4, -0.2) is 28.8 Å². The Balaban J connectivity index is 2.28. The molecule has 0 amide bonds. The first-order valence-corrected chi connectivity index (χ1v) is 6.80. The van der Waals surface area contributed by atoms with Crippen LogP contribution in [0, 0.1) is 5.82 Å². The van der Waals surface area contributed by atoms with Gasteiger partial charge < -0.3 is 15.2 Å². The molecule has 1 aliphatic rings. The van der Waals surface area contributed by atoms with Crippen LogP contribution in [0.5, 0.6) is 0 Å². The van der Waals surface area contributed by atoms with E-state index in [4.69, 9.17) is 4.74 Å². The number of ether oxygens (including phenoxy) is 1. The summed E-state index contributed by atoms with van der Waals surface area (Å²) in [5.74, 6) is -1.31. The van der Waals surface area contributed by atoms with Crippen molar-refractivity contribution in [3.63, 3.8) is 0 Å². The van der Waals surface area contributed by atoms with Crippen LogP contribution in [0.2, 0.25) is 0 Å². The van der Waals surface area contributed by atoms with Crippen molar-refractivity contribution >= 4 is 11.7 Å². The lowest BCUT2D eigenvalue weighted by Crippen LogP contribution is -2.56. The van der Waals surface area contributed by atoms with Gasteiger partial charge in [0.25, 0.3) is 0 Å². The topological polar surface area (TPSA) is 58.6 Å². The monoisotopic (exact) mass is 281 g/mol. The molecule has 0 radical (unpaired) electrons. The van der Waals surface area contributed by atoms with E-state index in [9.17, 15) is 14.3 Å². The lowest BCUT2D eigenvalue weighted by Gasteiger charge is -2.44. The third-order valence-corrected chi connectivity index (χ3v) is 4.02. The van der Waals surface area contributed by atoms with Crippen LogP contribution in [0.25, 0.3) is 0 Å².